The molecule has 0 bridgehead atoms. The van der Waals surface area contributed by atoms with E-state index in [1.807, 2.05) is 0 Å². The normalized spacial score (nSPS) is 14.1. The zero-order valence-electron chi connectivity index (χ0n) is 8.46. The summed E-state index contributed by atoms with van der Waals surface area (Å²) >= 11 is 5.66. The van der Waals surface area contributed by atoms with Crippen LogP contribution in [-0.4, -0.2) is 21.4 Å². The Morgan fingerprint density at radius 1 is 1.56 bits per heavy atom. The molecule has 0 amide bonds. The predicted octanol–water partition coefficient (Wildman–Crippen LogP) is 2.39. The number of non-ortho nitro benzene ring substituents is 1. The van der Waals surface area contributed by atoms with Crippen LogP contribution in [0.3, 0.4) is 0 Å². The fraction of sp³-hybridized carbons (Fsp3) is 0.300. The van der Waals surface area contributed by atoms with Crippen molar-refractivity contribution >= 4 is 23.3 Å². The molecule has 1 aromatic rings. The molecule has 2 atom stereocenters. The van der Waals surface area contributed by atoms with Crippen LogP contribution in [0.25, 0.3) is 0 Å². The number of nitro benzene ring substituents is 1. The fourth-order valence-electron chi connectivity index (χ4n) is 1.30. The molecule has 2 unspecified atom stereocenters. The lowest BCUT2D eigenvalue weighted by Crippen LogP contribution is -2.20. The lowest BCUT2D eigenvalue weighted by atomic mass is 9.97. The first-order chi connectivity index (χ1) is 7.43. The molecular formula is C10H10ClNO4. The van der Waals surface area contributed by atoms with Gasteiger partial charge in [0.05, 0.1) is 4.92 Å². The quantitative estimate of drug-likeness (QED) is 0.500. The molecule has 0 aliphatic rings. The molecule has 0 fully saturated rings. The molecule has 1 N–H and O–H groups in total. The Hall–Kier alpha value is -1.62. The maximum Gasteiger partial charge on any atom is 0.322 e. The molecular weight excluding hydrogens is 234 g/mol. The van der Waals surface area contributed by atoms with E-state index in [-0.39, 0.29) is 5.69 Å². The largest absolute Gasteiger partial charge is 0.480 e. The number of alkyl halides is 1. The fourth-order valence-corrected chi connectivity index (χ4v) is 1.45. The minimum Gasteiger partial charge on any atom is -0.480 e. The number of carboxylic acid groups (broad SMARTS) is 1. The van der Waals surface area contributed by atoms with Crippen molar-refractivity contribution in [2.45, 2.75) is 18.2 Å². The number of hydrogen-bond acceptors (Lipinski definition) is 3. The Labute approximate surface area is 96.8 Å². The summed E-state index contributed by atoms with van der Waals surface area (Å²) in [5.41, 5.74) is 0.468. The van der Waals surface area contributed by atoms with Crippen LogP contribution < -0.4 is 0 Å². The molecule has 16 heavy (non-hydrogen) atoms. The van der Waals surface area contributed by atoms with E-state index in [1.165, 1.54) is 18.2 Å². The van der Waals surface area contributed by atoms with Crippen molar-refractivity contribution in [1.82, 2.24) is 0 Å². The summed E-state index contributed by atoms with van der Waals surface area (Å²) in [5.74, 6) is -1.63. The number of carbonyl (C=O) groups is 1. The Morgan fingerprint density at radius 3 is 2.69 bits per heavy atom. The SMILES string of the molecule is CC(c1cccc([N+](=O)[O-])c1)C(Cl)C(=O)O. The first kappa shape index (κ1) is 12.4. The molecule has 1 aromatic carbocycles. The third-order valence-corrected chi connectivity index (χ3v) is 2.85. The third-order valence-electron chi connectivity index (χ3n) is 2.28. The van der Waals surface area contributed by atoms with Gasteiger partial charge in [0, 0.05) is 18.1 Å². The molecule has 0 saturated heterocycles. The van der Waals surface area contributed by atoms with Crippen molar-refractivity contribution in [2.75, 3.05) is 0 Å². The smallest absolute Gasteiger partial charge is 0.322 e. The Bertz CT molecular complexity index is 421. The number of aliphatic carboxylic acids is 1. The van der Waals surface area contributed by atoms with Crippen molar-refractivity contribution < 1.29 is 14.8 Å². The van der Waals surface area contributed by atoms with Gasteiger partial charge in [-0.25, -0.2) is 0 Å². The average molecular weight is 244 g/mol. The molecule has 0 saturated carbocycles. The Balaban J connectivity index is 3.00. The topological polar surface area (TPSA) is 80.4 Å². The number of hydrogen-bond donors (Lipinski definition) is 1. The molecule has 6 heteroatoms. The summed E-state index contributed by atoms with van der Waals surface area (Å²) in [5, 5.41) is 18.2. The van der Waals surface area contributed by atoms with Gasteiger partial charge >= 0.3 is 5.97 Å². The van der Waals surface area contributed by atoms with Gasteiger partial charge in [-0.05, 0) is 5.56 Å². The van der Waals surface area contributed by atoms with Gasteiger partial charge in [0.2, 0.25) is 0 Å². The van der Waals surface area contributed by atoms with Crippen LogP contribution in [0.15, 0.2) is 24.3 Å². The first-order valence-electron chi connectivity index (χ1n) is 4.54. The minimum absolute atomic E-state index is 0.0707. The van der Waals surface area contributed by atoms with E-state index in [9.17, 15) is 14.9 Å². The second kappa shape index (κ2) is 4.94. The molecule has 86 valence electrons. The highest BCUT2D eigenvalue weighted by atomic mass is 35.5. The van der Waals surface area contributed by atoms with E-state index in [1.54, 1.807) is 13.0 Å². The van der Waals surface area contributed by atoms with Gasteiger partial charge in [-0.3, -0.25) is 14.9 Å². The van der Waals surface area contributed by atoms with E-state index in [0.717, 1.165) is 0 Å². The molecule has 0 radical (unpaired) electrons. The highest BCUT2D eigenvalue weighted by Crippen LogP contribution is 2.26. The number of carboxylic acids is 1. The van der Waals surface area contributed by atoms with Crippen LogP contribution in [0.4, 0.5) is 5.69 Å². The second-order valence-electron chi connectivity index (χ2n) is 3.38. The van der Waals surface area contributed by atoms with Gasteiger partial charge in [-0.15, -0.1) is 11.6 Å². The van der Waals surface area contributed by atoms with Crippen molar-refractivity contribution in [2.24, 2.45) is 0 Å². The monoisotopic (exact) mass is 243 g/mol. The molecule has 0 heterocycles. The van der Waals surface area contributed by atoms with E-state index < -0.39 is 22.2 Å². The minimum atomic E-state index is -1.14. The summed E-state index contributed by atoms with van der Waals surface area (Å²) < 4.78 is 0. The number of halogens is 1. The van der Waals surface area contributed by atoms with Crippen molar-refractivity contribution in [3.05, 3.63) is 39.9 Å². The molecule has 1 rings (SSSR count). The number of nitro groups is 1. The van der Waals surface area contributed by atoms with Gasteiger partial charge in [0.1, 0.15) is 5.38 Å². The van der Waals surface area contributed by atoms with Crippen LogP contribution in [-0.2, 0) is 4.79 Å². The first-order valence-corrected chi connectivity index (χ1v) is 4.98. The van der Waals surface area contributed by atoms with Crippen LogP contribution in [0.1, 0.15) is 18.4 Å². The lowest BCUT2D eigenvalue weighted by Gasteiger charge is -2.14. The predicted molar refractivity (Wildman–Crippen MR) is 58.8 cm³/mol. The zero-order chi connectivity index (χ0) is 12.3. The highest BCUT2D eigenvalue weighted by molar-refractivity contribution is 6.30. The maximum absolute atomic E-state index is 10.7. The van der Waals surface area contributed by atoms with Gasteiger partial charge in [-0.2, -0.15) is 0 Å². The second-order valence-corrected chi connectivity index (χ2v) is 3.85. The van der Waals surface area contributed by atoms with Crippen LogP contribution in [0, 0.1) is 10.1 Å². The van der Waals surface area contributed by atoms with E-state index in [4.69, 9.17) is 16.7 Å². The maximum atomic E-state index is 10.7. The van der Waals surface area contributed by atoms with Crippen molar-refractivity contribution in [3.8, 4) is 0 Å². The lowest BCUT2D eigenvalue weighted by molar-refractivity contribution is -0.384. The number of nitrogens with zero attached hydrogens (tertiary/aromatic N) is 1. The van der Waals surface area contributed by atoms with E-state index in [0.29, 0.717) is 5.56 Å². The van der Waals surface area contributed by atoms with Gasteiger partial charge < -0.3 is 5.11 Å². The van der Waals surface area contributed by atoms with Crippen molar-refractivity contribution in [3.63, 3.8) is 0 Å². The van der Waals surface area contributed by atoms with Gasteiger partial charge in [0.15, 0.2) is 0 Å². The standard InChI is InChI=1S/C10H10ClNO4/c1-6(9(11)10(13)14)7-3-2-4-8(5-7)12(15)16/h2-6,9H,1H3,(H,13,14). The van der Waals surface area contributed by atoms with E-state index >= 15 is 0 Å². The summed E-state index contributed by atoms with van der Waals surface area (Å²) in [6, 6.07) is 5.81. The summed E-state index contributed by atoms with van der Waals surface area (Å²) in [6.45, 7) is 1.62. The van der Waals surface area contributed by atoms with Crippen LogP contribution in [0.5, 0.6) is 0 Å². The summed E-state index contributed by atoms with van der Waals surface area (Å²) in [7, 11) is 0. The number of rotatable bonds is 4. The van der Waals surface area contributed by atoms with Gasteiger partial charge in [0.25, 0.3) is 5.69 Å². The molecule has 0 aromatic heterocycles. The molecule has 0 spiro atoms. The molecule has 0 aliphatic heterocycles. The summed E-state index contributed by atoms with van der Waals surface area (Å²) in [4.78, 5) is 20.7. The Kier molecular flexibility index (Phi) is 3.84. The summed E-state index contributed by atoms with van der Waals surface area (Å²) in [6.07, 6.45) is 0. The zero-order valence-corrected chi connectivity index (χ0v) is 9.22. The Morgan fingerprint density at radius 2 is 2.19 bits per heavy atom. The van der Waals surface area contributed by atoms with Crippen LogP contribution >= 0.6 is 11.6 Å². The third kappa shape index (κ3) is 2.70. The van der Waals surface area contributed by atoms with E-state index in [2.05, 4.69) is 0 Å². The van der Waals surface area contributed by atoms with Crippen molar-refractivity contribution in [1.29, 1.82) is 0 Å². The van der Waals surface area contributed by atoms with Crippen LogP contribution in [0.2, 0.25) is 0 Å². The number of benzene rings is 1. The highest BCUT2D eigenvalue weighted by Gasteiger charge is 2.24. The molecule has 5 nitrogen and oxygen atoms in total. The average Bonchev–Trinajstić information content (AvgIpc) is 2.27. The molecule has 0 aliphatic carbocycles. The van der Waals surface area contributed by atoms with Gasteiger partial charge in [-0.1, -0.05) is 19.1 Å².